The molecule has 0 spiro atoms. The summed E-state index contributed by atoms with van der Waals surface area (Å²) in [5, 5.41) is 10.3. The van der Waals surface area contributed by atoms with Crippen molar-refractivity contribution < 1.29 is 9.18 Å². The number of nitrogens with zero attached hydrogens (tertiary/aromatic N) is 3. The van der Waals surface area contributed by atoms with Crippen molar-refractivity contribution in [2.45, 2.75) is 63.2 Å². The monoisotopic (exact) mass is 370 g/mol. The van der Waals surface area contributed by atoms with Gasteiger partial charge in [-0.15, -0.1) is 0 Å². The van der Waals surface area contributed by atoms with E-state index >= 15 is 4.39 Å². The highest BCUT2D eigenvalue weighted by molar-refractivity contribution is 6.04. The zero-order valence-electron chi connectivity index (χ0n) is 15.0. The fraction of sp³-hybridized carbons (Fsp3) is 0.526. The normalized spacial score (nSPS) is 24.6. The number of amides is 1. The number of fused-ring (bicyclic) bond motifs is 1. The van der Waals surface area contributed by atoms with Gasteiger partial charge in [-0.2, -0.15) is 5.10 Å². The number of halogens is 1. The van der Waals surface area contributed by atoms with E-state index in [4.69, 9.17) is 5.73 Å². The number of nitrogens with two attached hydrogens (primary N) is 1. The predicted molar refractivity (Wildman–Crippen MR) is 98.7 cm³/mol. The van der Waals surface area contributed by atoms with Crippen molar-refractivity contribution >= 4 is 11.7 Å². The Labute approximate surface area is 156 Å². The van der Waals surface area contributed by atoms with Crippen LogP contribution in [0.15, 0.2) is 12.4 Å². The zero-order chi connectivity index (χ0) is 18.5. The summed E-state index contributed by atoms with van der Waals surface area (Å²) in [6.07, 6.45) is 9.82. The van der Waals surface area contributed by atoms with Crippen molar-refractivity contribution in [2.24, 2.45) is 5.73 Å². The van der Waals surface area contributed by atoms with Crippen LogP contribution in [0.5, 0.6) is 0 Å². The first kappa shape index (κ1) is 16.7. The van der Waals surface area contributed by atoms with E-state index in [0.29, 0.717) is 22.9 Å². The lowest BCUT2D eigenvalue weighted by Gasteiger charge is -2.30. The molecular weight excluding hydrogens is 347 g/mol. The number of aromatic nitrogens is 3. The molecule has 0 aromatic carbocycles. The van der Waals surface area contributed by atoms with E-state index in [1.54, 1.807) is 6.20 Å². The molecule has 0 unspecified atom stereocenters. The fourth-order valence-electron chi connectivity index (χ4n) is 4.10. The molecule has 27 heavy (non-hydrogen) atoms. The Balaban J connectivity index is 1.56. The third-order valence-electron chi connectivity index (χ3n) is 5.83. The van der Waals surface area contributed by atoms with Crippen molar-refractivity contribution in [3.8, 4) is 11.3 Å². The molecule has 1 amide bonds. The van der Waals surface area contributed by atoms with E-state index in [-0.39, 0.29) is 30.4 Å². The number of pyridine rings is 1. The van der Waals surface area contributed by atoms with E-state index in [9.17, 15) is 4.79 Å². The van der Waals surface area contributed by atoms with Crippen molar-refractivity contribution in [3.63, 3.8) is 0 Å². The van der Waals surface area contributed by atoms with Crippen LogP contribution in [0, 0.1) is 5.82 Å². The largest absolute Gasteiger partial charge is 0.363 e. The minimum Gasteiger partial charge on any atom is -0.363 e. The van der Waals surface area contributed by atoms with Crippen LogP contribution in [0.25, 0.3) is 11.3 Å². The third-order valence-corrected chi connectivity index (χ3v) is 5.83. The summed E-state index contributed by atoms with van der Waals surface area (Å²) in [5.74, 6) is -0.562. The van der Waals surface area contributed by atoms with Gasteiger partial charge in [-0.1, -0.05) is 12.8 Å². The number of carbonyl (C=O) groups is 1. The van der Waals surface area contributed by atoms with Gasteiger partial charge in [0, 0.05) is 36.0 Å². The molecular formula is C19H23FN6O. The number of carbonyl (C=O) groups excluding carboxylic acids is 1. The van der Waals surface area contributed by atoms with Gasteiger partial charge < -0.3 is 16.4 Å². The molecule has 5 rings (SSSR count). The zero-order valence-corrected chi connectivity index (χ0v) is 15.0. The van der Waals surface area contributed by atoms with Gasteiger partial charge >= 0.3 is 0 Å². The van der Waals surface area contributed by atoms with Gasteiger partial charge in [0.2, 0.25) is 0 Å². The SMILES string of the molecule is N[C@H]1CCCC[C@H]1Nc1nc(-c2cnn(C3CC3)c2)c2c(c1F)CNC2=O. The molecule has 2 fully saturated rings. The second kappa shape index (κ2) is 6.30. The molecule has 8 heteroatoms. The molecule has 0 radical (unpaired) electrons. The average Bonchev–Trinajstić information content (AvgIpc) is 3.27. The van der Waals surface area contributed by atoms with Crippen molar-refractivity contribution in [2.75, 3.05) is 5.32 Å². The van der Waals surface area contributed by atoms with Gasteiger partial charge in [-0.3, -0.25) is 9.48 Å². The van der Waals surface area contributed by atoms with Gasteiger partial charge in [0.15, 0.2) is 11.6 Å². The summed E-state index contributed by atoms with van der Waals surface area (Å²) in [6, 6.07) is 0.402. The number of nitrogens with one attached hydrogen (secondary N) is 2. The van der Waals surface area contributed by atoms with E-state index in [1.165, 1.54) is 0 Å². The van der Waals surface area contributed by atoms with Crippen molar-refractivity contribution in [3.05, 3.63) is 29.3 Å². The van der Waals surface area contributed by atoms with Gasteiger partial charge in [-0.05, 0) is 25.7 Å². The lowest BCUT2D eigenvalue weighted by Crippen LogP contribution is -2.43. The maximum Gasteiger partial charge on any atom is 0.254 e. The summed E-state index contributed by atoms with van der Waals surface area (Å²) in [5.41, 5.74) is 8.13. The van der Waals surface area contributed by atoms with Crippen LogP contribution >= 0.6 is 0 Å². The Kier molecular flexibility index (Phi) is 3.89. The Morgan fingerprint density at radius 3 is 2.85 bits per heavy atom. The van der Waals surface area contributed by atoms with E-state index in [0.717, 1.165) is 44.1 Å². The molecule has 2 saturated carbocycles. The fourth-order valence-corrected chi connectivity index (χ4v) is 4.10. The molecule has 2 aliphatic carbocycles. The standard InChI is InChI=1S/C19H23FN6O/c20-16-12-8-22-19(27)15(12)17(10-7-23-26(9-10)11-5-6-11)25-18(16)24-14-4-2-1-3-13(14)21/h7,9,11,13-14H,1-6,8,21H2,(H,22,27)(H,24,25)/t13-,14+/m0/s1. The van der Waals surface area contributed by atoms with Crippen LogP contribution in [-0.4, -0.2) is 32.8 Å². The molecule has 2 aromatic heterocycles. The van der Waals surface area contributed by atoms with Crippen LogP contribution in [0.3, 0.4) is 0 Å². The predicted octanol–water partition coefficient (Wildman–Crippen LogP) is 2.34. The lowest BCUT2D eigenvalue weighted by molar-refractivity contribution is 0.0966. The summed E-state index contributed by atoms with van der Waals surface area (Å²) in [7, 11) is 0. The highest BCUT2D eigenvalue weighted by Gasteiger charge is 2.33. The second-order valence-corrected chi connectivity index (χ2v) is 7.80. The van der Waals surface area contributed by atoms with Gasteiger partial charge in [0.25, 0.3) is 5.91 Å². The molecule has 0 bridgehead atoms. The van der Waals surface area contributed by atoms with Crippen LogP contribution < -0.4 is 16.4 Å². The third kappa shape index (κ3) is 2.88. The van der Waals surface area contributed by atoms with E-state index in [1.807, 2.05) is 10.9 Å². The molecule has 0 saturated heterocycles. The first-order chi connectivity index (χ1) is 13.1. The number of anilines is 1. The smallest absolute Gasteiger partial charge is 0.254 e. The van der Waals surface area contributed by atoms with Crippen LogP contribution in [0.1, 0.15) is 60.5 Å². The van der Waals surface area contributed by atoms with Crippen LogP contribution in [0.2, 0.25) is 0 Å². The highest BCUT2D eigenvalue weighted by Crippen LogP contribution is 2.37. The van der Waals surface area contributed by atoms with Gasteiger partial charge in [-0.25, -0.2) is 9.37 Å². The molecule has 4 N–H and O–H groups in total. The molecule has 3 heterocycles. The molecule has 2 aromatic rings. The number of rotatable bonds is 4. The van der Waals surface area contributed by atoms with Crippen LogP contribution in [-0.2, 0) is 6.54 Å². The average molecular weight is 370 g/mol. The van der Waals surface area contributed by atoms with Crippen LogP contribution in [0.4, 0.5) is 10.2 Å². The molecule has 142 valence electrons. The summed E-state index contributed by atoms with van der Waals surface area (Å²) < 4.78 is 17.0. The van der Waals surface area contributed by atoms with E-state index in [2.05, 4.69) is 20.7 Å². The quantitative estimate of drug-likeness (QED) is 0.767. The summed E-state index contributed by atoms with van der Waals surface area (Å²) in [6.45, 7) is 0.178. The highest BCUT2D eigenvalue weighted by atomic mass is 19.1. The lowest BCUT2D eigenvalue weighted by atomic mass is 9.91. The molecule has 1 aliphatic heterocycles. The maximum atomic E-state index is 15.1. The van der Waals surface area contributed by atoms with Gasteiger partial charge in [0.05, 0.1) is 23.5 Å². The Bertz CT molecular complexity index is 906. The Morgan fingerprint density at radius 1 is 1.26 bits per heavy atom. The minimum atomic E-state index is -0.459. The van der Waals surface area contributed by atoms with E-state index < -0.39 is 5.82 Å². The number of hydrogen-bond acceptors (Lipinski definition) is 5. The first-order valence-corrected chi connectivity index (χ1v) is 9.69. The molecule has 7 nitrogen and oxygen atoms in total. The van der Waals surface area contributed by atoms with Crippen molar-refractivity contribution in [1.29, 1.82) is 0 Å². The second-order valence-electron chi connectivity index (χ2n) is 7.80. The van der Waals surface area contributed by atoms with Gasteiger partial charge in [0.1, 0.15) is 0 Å². The summed E-state index contributed by atoms with van der Waals surface area (Å²) in [4.78, 5) is 16.9. The maximum absolute atomic E-state index is 15.1. The first-order valence-electron chi connectivity index (χ1n) is 9.69. The summed E-state index contributed by atoms with van der Waals surface area (Å²) >= 11 is 0. The Hall–Kier alpha value is -2.48. The Morgan fingerprint density at radius 2 is 2.07 bits per heavy atom. The number of hydrogen-bond donors (Lipinski definition) is 3. The molecule has 3 aliphatic rings. The topological polar surface area (TPSA) is 97.9 Å². The minimum absolute atomic E-state index is 0.00842. The molecule has 2 atom stereocenters. The van der Waals surface area contributed by atoms with Crippen molar-refractivity contribution in [1.82, 2.24) is 20.1 Å².